The number of ether oxygens (including phenoxy) is 3. The molecule has 3 atom stereocenters. The first-order valence-electron chi connectivity index (χ1n) is 13.5. The zero-order valence-electron chi connectivity index (χ0n) is 23.0. The van der Waals surface area contributed by atoms with Crippen molar-refractivity contribution in [2.45, 2.75) is 32.2 Å². The zero-order chi connectivity index (χ0) is 28.1. The summed E-state index contributed by atoms with van der Waals surface area (Å²) in [4.78, 5) is 32.0. The minimum absolute atomic E-state index is 0.194. The Morgan fingerprint density at radius 2 is 1.25 bits per heavy atom. The molecule has 0 unspecified atom stereocenters. The molecule has 0 N–H and O–H groups in total. The minimum Gasteiger partial charge on any atom is -0.497 e. The molecule has 3 fully saturated rings. The normalized spacial score (nSPS) is 24.4. The number of benzene rings is 2. The van der Waals surface area contributed by atoms with Crippen molar-refractivity contribution in [2.75, 3.05) is 20.8 Å². The lowest BCUT2D eigenvalue weighted by Gasteiger charge is -2.54. The third-order valence-electron chi connectivity index (χ3n) is 7.42. The molecule has 0 bridgehead atoms. The van der Waals surface area contributed by atoms with Crippen LogP contribution in [0.4, 0.5) is 0 Å². The first kappa shape index (κ1) is 28.5. The maximum Gasteiger partial charge on any atom is 0.320 e. The van der Waals surface area contributed by atoms with Gasteiger partial charge in [0.25, 0.3) is 0 Å². The lowest BCUT2D eigenvalue weighted by Crippen LogP contribution is -2.68. The number of methoxy groups -OCH3 is 2. The molecular formula is C33H34N2O5. The average Bonchev–Trinajstić information content (AvgIpc) is 3.71. The highest BCUT2D eigenvalue weighted by atomic mass is 16.5. The van der Waals surface area contributed by atoms with Crippen LogP contribution < -0.4 is 9.47 Å². The molecule has 3 aliphatic rings. The maximum atomic E-state index is 14.4. The molecule has 1 amide bonds. The van der Waals surface area contributed by atoms with Gasteiger partial charge in [-0.3, -0.25) is 14.5 Å². The summed E-state index contributed by atoms with van der Waals surface area (Å²) in [6.45, 7) is 2.78. The number of carbonyl (C=O) groups is 2. The number of hydrogen-bond donors (Lipinski definition) is 0. The number of amides is 1. The number of nitrogens with zero attached hydrogens (tertiary/aromatic N) is 2. The van der Waals surface area contributed by atoms with E-state index in [4.69, 9.17) is 14.2 Å². The predicted molar refractivity (Wildman–Crippen MR) is 151 cm³/mol. The molecule has 2 aromatic rings. The highest BCUT2D eigenvalue weighted by molar-refractivity contribution is 6.00. The van der Waals surface area contributed by atoms with Crippen molar-refractivity contribution in [3.8, 4) is 11.5 Å². The van der Waals surface area contributed by atoms with Crippen molar-refractivity contribution in [3.05, 3.63) is 123 Å². The fourth-order valence-corrected chi connectivity index (χ4v) is 5.54. The quantitative estimate of drug-likeness (QED) is 0.333. The van der Waals surface area contributed by atoms with E-state index in [1.807, 2.05) is 105 Å². The monoisotopic (exact) mass is 538 g/mol. The van der Waals surface area contributed by atoms with E-state index in [0.29, 0.717) is 13.1 Å². The smallest absolute Gasteiger partial charge is 0.320 e. The second-order valence-electron chi connectivity index (χ2n) is 9.82. The summed E-state index contributed by atoms with van der Waals surface area (Å²) >= 11 is 0. The van der Waals surface area contributed by atoms with Crippen molar-refractivity contribution >= 4 is 11.9 Å². The Hall–Kier alpha value is -3.06. The van der Waals surface area contributed by atoms with Gasteiger partial charge >= 0.3 is 5.97 Å². The Morgan fingerprint density at radius 3 is 1.75 bits per heavy atom. The molecule has 1 saturated heterocycles. The van der Waals surface area contributed by atoms with E-state index in [9.17, 15) is 9.59 Å². The number of rotatable bonds is 10. The summed E-state index contributed by atoms with van der Waals surface area (Å²) in [5.74, 6) is 1.60. The first-order chi connectivity index (χ1) is 19.5. The first-order valence-corrected chi connectivity index (χ1v) is 13.5. The number of esters is 1. The van der Waals surface area contributed by atoms with E-state index < -0.39 is 24.1 Å². The summed E-state index contributed by atoms with van der Waals surface area (Å²) in [6, 6.07) is 15.0. The molecule has 1 aliphatic heterocycles. The molecular weight excluding hydrogens is 504 g/mol. The van der Waals surface area contributed by atoms with Gasteiger partial charge in [-0.2, -0.15) is 0 Å². The molecule has 0 spiro atoms. The molecule has 40 heavy (non-hydrogen) atoms. The van der Waals surface area contributed by atoms with Crippen LogP contribution in [0.3, 0.4) is 0 Å². The van der Waals surface area contributed by atoms with Gasteiger partial charge < -0.3 is 19.1 Å². The third kappa shape index (κ3) is 5.99. The molecule has 5 rings (SSSR count). The topological polar surface area (TPSA) is 68.3 Å². The highest BCUT2D eigenvalue weighted by Crippen LogP contribution is 2.44. The van der Waals surface area contributed by atoms with Gasteiger partial charge in [0.2, 0.25) is 5.91 Å². The van der Waals surface area contributed by atoms with Crippen LogP contribution in [0.15, 0.2) is 48.5 Å². The van der Waals surface area contributed by atoms with Gasteiger partial charge in [-0.25, -0.2) is 0 Å². The van der Waals surface area contributed by atoms with E-state index in [2.05, 4.69) is 4.90 Å². The van der Waals surface area contributed by atoms with Crippen molar-refractivity contribution in [2.24, 2.45) is 5.92 Å². The van der Waals surface area contributed by atoms with Crippen LogP contribution in [0.1, 0.15) is 18.1 Å². The van der Waals surface area contributed by atoms with Gasteiger partial charge in [-0.05, 0) is 93.7 Å². The Kier molecular flexibility index (Phi) is 9.30. The molecule has 2 saturated carbocycles. The molecule has 2 aromatic carbocycles. The molecule has 1 heterocycles. The fraction of sp³-hybridized carbons (Fsp3) is 0.273. The van der Waals surface area contributed by atoms with Gasteiger partial charge in [-0.1, -0.05) is 24.3 Å². The largest absolute Gasteiger partial charge is 0.497 e. The molecule has 2 aliphatic carbocycles. The Balaban J connectivity index is 1.59. The molecule has 7 nitrogen and oxygen atoms in total. The van der Waals surface area contributed by atoms with Crippen LogP contribution in [0.25, 0.3) is 0 Å². The van der Waals surface area contributed by atoms with Gasteiger partial charge in [0.05, 0.1) is 27.0 Å². The summed E-state index contributed by atoms with van der Waals surface area (Å²) in [5, 5.41) is 0. The summed E-state index contributed by atoms with van der Waals surface area (Å²) in [7, 11) is 3.27. The van der Waals surface area contributed by atoms with Crippen LogP contribution >= 0.6 is 0 Å². The van der Waals surface area contributed by atoms with Crippen molar-refractivity contribution < 1.29 is 23.8 Å². The highest BCUT2D eigenvalue weighted by Gasteiger charge is 2.55. The minimum atomic E-state index is -1.02. The Bertz CT molecular complexity index is 1120. The summed E-state index contributed by atoms with van der Waals surface area (Å²) < 4.78 is 16.2. The van der Waals surface area contributed by atoms with Crippen LogP contribution in [0, 0.1) is 69.1 Å². The summed E-state index contributed by atoms with van der Waals surface area (Å²) in [5.41, 5.74) is 1.97. The average molecular weight is 539 g/mol. The van der Waals surface area contributed by atoms with E-state index in [-0.39, 0.29) is 12.5 Å². The van der Waals surface area contributed by atoms with Gasteiger partial charge in [0.15, 0.2) is 5.92 Å². The van der Waals surface area contributed by atoms with Gasteiger partial charge in [0.1, 0.15) is 11.5 Å². The number of hydrogen-bond acceptors (Lipinski definition) is 6. The van der Waals surface area contributed by atoms with Crippen LogP contribution in [-0.4, -0.2) is 54.7 Å². The second-order valence-corrected chi connectivity index (χ2v) is 9.82. The maximum absolute atomic E-state index is 14.4. The van der Waals surface area contributed by atoms with Gasteiger partial charge in [0, 0.05) is 31.0 Å². The third-order valence-corrected chi connectivity index (χ3v) is 7.42. The van der Waals surface area contributed by atoms with Crippen molar-refractivity contribution in [1.29, 1.82) is 0 Å². The number of carbonyl (C=O) groups excluding carboxylic acids is 2. The van der Waals surface area contributed by atoms with Crippen LogP contribution in [0.2, 0.25) is 0 Å². The van der Waals surface area contributed by atoms with E-state index in [1.165, 1.54) is 0 Å². The van der Waals surface area contributed by atoms with Crippen LogP contribution in [-0.2, 0) is 27.4 Å². The fourth-order valence-electron chi connectivity index (χ4n) is 5.54. The SMILES string of the molecule is CCOC(=O)[C@@H]1C(=O)N(Cc2ccc(OC)cc2)[C@H]([C]2[CH][CH][CH][CH]2)N(Cc2ccc(OC)cc2)[C@H]1[C]1[CH][CH][CH][CH]1. The molecule has 0 aromatic heterocycles. The van der Waals surface area contributed by atoms with Crippen molar-refractivity contribution in [3.63, 3.8) is 0 Å². The van der Waals surface area contributed by atoms with Gasteiger partial charge in [-0.15, -0.1) is 0 Å². The predicted octanol–water partition coefficient (Wildman–Crippen LogP) is 4.23. The molecule has 7 heteroatoms. The Labute approximate surface area is 238 Å². The van der Waals surface area contributed by atoms with E-state index in [1.54, 1.807) is 21.1 Å². The van der Waals surface area contributed by atoms with E-state index >= 15 is 0 Å². The van der Waals surface area contributed by atoms with E-state index in [0.717, 1.165) is 34.5 Å². The lowest BCUT2D eigenvalue weighted by molar-refractivity contribution is -0.171. The lowest BCUT2D eigenvalue weighted by atomic mass is 9.79. The molecule has 206 valence electrons. The molecule has 10 radical (unpaired) electrons. The summed E-state index contributed by atoms with van der Waals surface area (Å²) in [6.07, 6.45) is 15.4. The van der Waals surface area contributed by atoms with Crippen molar-refractivity contribution in [1.82, 2.24) is 9.80 Å². The standard InChI is InChI=1S/C33H34N2O5/c1-4-40-33(37)29-30(25-9-5-6-10-25)34(21-23-13-17-27(38-2)18-14-23)31(26-11-7-8-12-26)35(32(29)36)22-24-15-19-28(39-3)20-16-24/h5-20,29-31H,4,21-22H2,1-3H3/t29-,30-,31+/m0/s1. The van der Waals surface area contributed by atoms with Crippen LogP contribution in [0.5, 0.6) is 11.5 Å². The second kappa shape index (κ2) is 13.1. The Morgan fingerprint density at radius 1 is 0.750 bits per heavy atom. The zero-order valence-corrected chi connectivity index (χ0v) is 23.0.